The van der Waals surface area contributed by atoms with E-state index in [9.17, 15) is 14.7 Å². The predicted octanol–water partition coefficient (Wildman–Crippen LogP) is 2.00. The number of aliphatic hydroxyl groups is 1. The normalized spacial score (nSPS) is 25.2. The maximum absolute atomic E-state index is 12.2. The number of carbonyl (C=O) groups excluding carboxylic acids is 2. The van der Waals surface area contributed by atoms with E-state index in [1.54, 1.807) is 7.11 Å². The number of benzene rings is 1. The highest BCUT2D eigenvalue weighted by Gasteiger charge is 2.62. The van der Waals surface area contributed by atoms with E-state index in [4.69, 9.17) is 14.2 Å². The van der Waals surface area contributed by atoms with Gasteiger partial charge in [0.25, 0.3) is 5.79 Å². The molecule has 1 spiro atoms. The van der Waals surface area contributed by atoms with Gasteiger partial charge < -0.3 is 24.2 Å². The number of ether oxygens (including phenoxy) is 3. The second kappa shape index (κ2) is 7.93. The minimum atomic E-state index is -1.72. The van der Waals surface area contributed by atoms with Gasteiger partial charge in [-0.05, 0) is 51.1 Å². The van der Waals surface area contributed by atoms with Crippen molar-refractivity contribution in [2.45, 2.75) is 43.0 Å². The first-order chi connectivity index (χ1) is 13.3. The first-order valence-electron chi connectivity index (χ1n) is 9.45. The third-order valence-corrected chi connectivity index (χ3v) is 5.50. The first kappa shape index (κ1) is 20.4. The molecule has 0 saturated heterocycles. The smallest absolute Gasteiger partial charge is 0.334 e. The van der Waals surface area contributed by atoms with Crippen molar-refractivity contribution >= 4 is 11.9 Å². The maximum Gasteiger partial charge on any atom is 0.334 e. The molecule has 2 unspecified atom stereocenters. The molecule has 2 atom stereocenters. The highest BCUT2D eigenvalue weighted by atomic mass is 16.7. The van der Waals surface area contributed by atoms with Crippen LogP contribution in [0.4, 0.5) is 0 Å². The van der Waals surface area contributed by atoms with Gasteiger partial charge in [-0.15, -0.1) is 0 Å². The summed E-state index contributed by atoms with van der Waals surface area (Å²) in [7, 11) is 5.40. The van der Waals surface area contributed by atoms with Crippen LogP contribution in [0.3, 0.4) is 0 Å². The Hall–Kier alpha value is -2.38. The number of carbonyl (C=O) groups is 2. The summed E-state index contributed by atoms with van der Waals surface area (Å²) in [5.41, 5.74) is -0.718. The van der Waals surface area contributed by atoms with Crippen LogP contribution in [-0.2, 0) is 19.1 Å². The molecule has 0 radical (unpaired) electrons. The molecule has 1 N–H and O–H groups in total. The molecule has 0 bridgehead atoms. The average molecular weight is 389 g/mol. The van der Waals surface area contributed by atoms with Crippen LogP contribution < -0.4 is 4.74 Å². The summed E-state index contributed by atoms with van der Waals surface area (Å²) < 4.78 is 16.4. The molecule has 2 aliphatic rings. The third kappa shape index (κ3) is 3.77. The van der Waals surface area contributed by atoms with E-state index in [0.29, 0.717) is 25.1 Å². The Morgan fingerprint density at radius 2 is 1.64 bits per heavy atom. The molecule has 152 valence electrons. The second-order valence-electron chi connectivity index (χ2n) is 7.65. The van der Waals surface area contributed by atoms with Crippen molar-refractivity contribution in [2.24, 2.45) is 0 Å². The van der Waals surface area contributed by atoms with E-state index in [1.165, 1.54) is 0 Å². The van der Waals surface area contributed by atoms with E-state index < -0.39 is 29.2 Å². The molecule has 1 saturated carbocycles. The summed E-state index contributed by atoms with van der Waals surface area (Å²) in [5, 5.41) is 12.0. The Kier molecular flexibility index (Phi) is 5.76. The lowest BCUT2D eigenvalue weighted by Gasteiger charge is -2.51. The SMILES string of the molecule is COc1ccc(C(CN(C)C)C2(O)CCCCC23OC(=O)C=CC(=O)O3)cc1. The monoisotopic (exact) mass is 389 g/mol. The Bertz CT molecular complexity index is 737. The zero-order valence-electron chi connectivity index (χ0n) is 16.5. The number of nitrogens with zero attached hydrogens (tertiary/aromatic N) is 1. The molecule has 1 aliphatic heterocycles. The molecule has 3 rings (SSSR count). The first-order valence-corrected chi connectivity index (χ1v) is 9.45. The van der Waals surface area contributed by atoms with Crippen LogP contribution in [0, 0.1) is 0 Å². The number of likely N-dealkylation sites (N-methyl/N-ethyl adjacent to an activating group) is 1. The molecule has 1 aliphatic carbocycles. The van der Waals surface area contributed by atoms with Crippen molar-refractivity contribution in [1.82, 2.24) is 4.90 Å². The van der Waals surface area contributed by atoms with Crippen molar-refractivity contribution < 1.29 is 28.9 Å². The van der Waals surface area contributed by atoms with Crippen LogP contribution in [0.2, 0.25) is 0 Å². The third-order valence-electron chi connectivity index (χ3n) is 5.50. The van der Waals surface area contributed by atoms with Gasteiger partial charge in [-0.2, -0.15) is 0 Å². The van der Waals surface area contributed by atoms with Crippen LogP contribution >= 0.6 is 0 Å². The van der Waals surface area contributed by atoms with Crippen molar-refractivity contribution in [1.29, 1.82) is 0 Å². The van der Waals surface area contributed by atoms with Crippen LogP contribution in [0.1, 0.15) is 37.2 Å². The molecular weight excluding hydrogens is 362 g/mol. The maximum atomic E-state index is 12.2. The Balaban J connectivity index is 2.08. The van der Waals surface area contributed by atoms with Crippen molar-refractivity contribution in [3.63, 3.8) is 0 Å². The van der Waals surface area contributed by atoms with E-state index in [2.05, 4.69) is 0 Å². The van der Waals surface area contributed by atoms with E-state index in [1.807, 2.05) is 43.3 Å². The fourth-order valence-electron chi connectivity index (χ4n) is 4.16. The van der Waals surface area contributed by atoms with Gasteiger partial charge in [-0.1, -0.05) is 12.1 Å². The van der Waals surface area contributed by atoms with Crippen LogP contribution in [0.15, 0.2) is 36.4 Å². The van der Waals surface area contributed by atoms with Crippen LogP contribution in [0.25, 0.3) is 0 Å². The molecule has 1 fully saturated rings. The van der Waals surface area contributed by atoms with Gasteiger partial charge in [-0.3, -0.25) is 0 Å². The van der Waals surface area contributed by atoms with Crippen LogP contribution in [0.5, 0.6) is 5.75 Å². The molecule has 0 aromatic heterocycles. The Morgan fingerprint density at radius 3 is 2.18 bits per heavy atom. The summed E-state index contributed by atoms with van der Waals surface area (Å²) in [4.78, 5) is 26.3. The number of hydrogen-bond acceptors (Lipinski definition) is 7. The summed E-state index contributed by atoms with van der Waals surface area (Å²) in [6, 6.07) is 7.41. The van der Waals surface area contributed by atoms with E-state index in [-0.39, 0.29) is 6.42 Å². The predicted molar refractivity (Wildman–Crippen MR) is 102 cm³/mol. The summed E-state index contributed by atoms with van der Waals surface area (Å²) in [5.74, 6) is -2.85. The molecule has 7 heteroatoms. The second-order valence-corrected chi connectivity index (χ2v) is 7.65. The standard InChI is InChI=1S/C21H27NO6/c1-22(2)14-17(15-6-8-16(26-3)9-7-15)20(25)12-4-5-13-21(20)27-18(23)10-11-19(24)28-21/h6-11,17,25H,4-5,12-14H2,1-3H3. The molecule has 1 aromatic rings. The topological polar surface area (TPSA) is 85.3 Å². The van der Waals surface area contributed by atoms with Gasteiger partial charge in [0.1, 0.15) is 11.4 Å². The number of methoxy groups -OCH3 is 1. The van der Waals surface area contributed by atoms with E-state index in [0.717, 1.165) is 24.1 Å². The largest absolute Gasteiger partial charge is 0.497 e. The Morgan fingerprint density at radius 1 is 1.07 bits per heavy atom. The van der Waals surface area contributed by atoms with Gasteiger partial charge in [0.2, 0.25) is 0 Å². The highest BCUT2D eigenvalue weighted by Crippen LogP contribution is 2.50. The minimum Gasteiger partial charge on any atom is -0.497 e. The van der Waals surface area contributed by atoms with Crippen molar-refractivity contribution in [2.75, 3.05) is 27.7 Å². The molecule has 28 heavy (non-hydrogen) atoms. The van der Waals surface area contributed by atoms with Gasteiger partial charge in [0, 0.05) is 31.0 Å². The van der Waals surface area contributed by atoms with Crippen molar-refractivity contribution in [3.8, 4) is 5.75 Å². The summed E-state index contributed by atoms with van der Waals surface area (Å²) in [6.45, 7) is 0.479. The fraction of sp³-hybridized carbons (Fsp3) is 0.524. The van der Waals surface area contributed by atoms with Gasteiger partial charge in [0.05, 0.1) is 7.11 Å². The number of hydrogen-bond donors (Lipinski definition) is 1. The van der Waals surface area contributed by atoms with Gasteiger partial charge in [0.15, 0.2) is 0 Å². The van der Waals surface area contributed by atoms with E-state index >= 15 is 0 Å². The summed E-state index contributed by atoms with van der Waals surface area (Å²) >= 11 is 0. The Labute approximate surface area is 164 Å². The van der Waals surface area contributed by atoms with Crippen LogP contribution in [-0.4, -0.2) is 61.1 Å². The number of rotatable bonds is 5. The van der Waals surface area contributed by atoms with Gasteiger partial charge in [-0.25, -0.2) is 9.59 Å². The summed E-state index contributed by atoms with van der Waals surface area (Å²) in [6.07, 6.45) is 4.10. The molecular formula is C21H27NO6. The zero-order chi connectivity index (χ0) is 20.4. The highest BCUT2D eigenvalue weighted by molar-refractivity contribution is 5.93. The molecule has 7 nitrogen and oxygen atoms in total. The zero-order valence-corrected chi connectivity index (χ0v) is 16.5. The lowest BCUT2D eigenvalue weighted by molar-refractivity contribution is -0.308. The lowest BCUT2D eigenvalue weighted by Crippen LogP contribution is -2.64. The molecule has 0 amide bonds. The molecule has 1 heterocycles. The molecule has 1 aromatic carbocycles. The number of esters is 2. The van der Waals surface area contributed by atoms with Crippen molar-refractivity contribution in [3.05, 3.63) is 42.0 Å². The van der Waals surface area contributed by atoms with Gasteiger partial charge >= 0.3 is 11.9 Å². The fourth-order valence-corrected chi connectivity index (χ4v) is 4.16. The lowest BCUT2D eigenvalue weighted by atomic mass is 9.68. The quantitative estimate of drug-likeness (QED) is 0.771. The minimum absolute atomic E-state index is 0.253. The average Bonchev–Trinajstić information content (AvgIpc) is 2.81.